The molecule has 0 atom stereocenters. The molecule has 0 saturated carbocycles. The minimum atomic E-state index is -1.62. The number of ether oxygens (including phenoxy) is 1. The lowest BCUT2D eigenvalue weighted by molar-refractivity contribution is -0.385. The predicted molar refractivity (Wildman–Crippen MR) is 69.4 cm³/mol. The van der Waals surface area contributed by atoms with Crippen molar-refractivity contribution in [1.82, 2.24) is 0 Å². The Morgan fingerprint density at radius 2 is 1.84 bits per heavy atom. The van der Waals surface area contributed by atoms with Gasteiger partial charge in [-0.15, -0.1) is 0 Å². The van der Waals surface area contributed by atoms with E-state index in [0.29, 0.717) is 5.75 Å². The fourth-order valence-electron chi connectivity index (χ4n) is 1.56. The van der Waals surface area contributed by atoms with Crippen molar-refractivity contribution in [3.05, 3.63) is 58.6 Å². The highest BCUT2D eigenvalue weighted by Gasteiger charge is 2.16. The van der Waals surface area contributed by atoms with Crippen molar-refractivity contribution in [2.24, 2.45) is 0 Å². The number of rotatable bonds is 4. The lowest BCUT2D eigenvalue weighted by Gasteiger charge is -2.07. The zero-order valence-corrected chi connectivity index (χ0v) is 9.76. The number of nitro groups is 1. The normalized spacial score (nSPS) is 10.0. The molecule has 0 saturated heterocycles. The summed E-state index contributed by atoms with van der Waals surface area (Å²) >= 11 is 0. The Morgan fingerprint density at radius 1 is 1.11 bits per heavy atom. The van der Waals surface area contributed by atoms with E-state index in [1.165, 1.54) is 24.3 Å². The molecule has 0 aliphatic carbocycles. The molecule has 2 aromatic rings. The molecule has 2 aromatic carbocycles. The van der Waals surface area contributed by atoms with Crippen LogP contribution in [0.15, 0.2) is 48.5 Å². The highest BCUT2D eigenvalue weighted by molar-refractivity contribution is 6.58. The topological polar surface area (TPSA) is 92.8 Å². The van der Waals surface area contributed by atoms with Crippen LogP contribution in [0.2, 0.25) is 0 Å². The first-order valence-corrected chi connectivity index (χ1v) is 5.45. The zero-order chi connectivity index (χ0) is 13.8. The summed E-state index contributed by atoms with van der Waals surface area (Å²) < 4.78 is 5.40. The smallest absolute Gasteiger partial charge is 0.450 e. The van der Waals surface area contributed by atoms with Crippen LogP contribution in [0.25, 0.3) is 0 Å². The van der Waals surface area contributed by atoms with Crippen LogP contribution in [0, 0.1) is 10.1 Å². The molecule has 0 aromatic heterocycles. The van der Waals surface area contributed by atoms with Crippen molar-refractivity contribution in [1.29, 1.82) is 0 Å². The van der Waals surface area contributed by atoms with Gasteiger partial charge in [0.2, 0.25) is 5.75 Å². The molecule has 2 rings (SSSR count). The van der Waals surface area contributed by atoms with Crippen LogP contribution in [-0.4, -0.2) is 22.1 Å². The van der Waals surface area contributed by atoms with Crippen LogP contribution in [0.4, 0.5) is 5.69 Å². The predicted octanol–water partition coefficient (Wildman–Crippen LogP) is 1.07. The lowest BCUT2D eigenvalue weighted by atomic mass is 9.80. The molecular formula is C12H10BNO5. The molecule has 2 N–H and O–H groups in total. The van der Waals surface area contributed by atoms with Crippen molar-refractivity contribution in [3.8, 4) is 11.5 Å². The lowest BCUT2D eigenvalue weighted by Crippen LogP contribution is -2.29. The molecule has 0 radical (unpaired) electrons. The number of hydrogen-bond donors (Lipinski definition) is 2. The van der Waals surface area contributed by atoms with Gasteiger partial charge in [0.05, 0.1) is 4.92 Å². The van der Waals surface area contributed by atoms with Gasteiger partial charge in [-0.25, -0.2) is 0 Å². The van der Waals surface area contributed by atoms with Crippen molar-refractivity contribution >= 4 is 18.3 Å². The molecular weight excluding hydrogens is 249 g/mol. The summed E-state index contributed by atoms with van der Waals surface area (Å²) in [7, 11) is -1.62. The Kier molecular flexibility index (Phi) is 3.79. The molecule has 0 aliphatic heterocycles. The summed E-state index contributed by atoms with van der Waals surface area (Å²) in [6.07, 6.45) is 0. The SMILES string of the molecule is O=[N+]([O-])c1ccccc1Oc1cccc(B(O)O)c1. The fourth-order valence-corrected chi connectivity index (χ4v) is 1.56. The van der Waals surface area contributed by atoms with Crippen LogP contribution in [0.3, 0.4) is 0 Å². The summed E-state index contributed by atoms with van der Waals surface area (Å²) in [6.45, 7) is 0. The molecule has 0 unspecified atom stereocenters. The van der Waals surface area contributed by atoms with E-state index in [1.54, 1.807) is 24.3 Å². The molecule has 0 bridgehead atoms. The second-order valence-electron chi connectivity index (χ2n) is 3.77. The van der Waals surface area contributed by atoms with E-state index in [9.17, 15) is 10.1 Å². The van der Waals surface area contributed by atoms with E-state index in [2.05, 4.69) is 0 Å². The third kappa shape index (κ3) is 3.09. The van der Waals surface area contributed by atoms with Gasteiger partial charge in [0.25, 0.3) is 0 Å². The quantitative estimate of drug-likeness (QED) is 0.486. The van der Waals surface area contributed by atoms with Crippen LogP contribution >= 0.6 is 0 Å². The molecule has 19 heavy (non-hydrogen) atoms. The van der Waals surface area contributed by atoms with E-state index in [0.717, 1.165) is 0 Å². The largest absolute Gasteiger partial charge is 0.488 e. The molecule has 0 spiro atoms. The number of nitrogens with zero attached hydrogens (tertiary/aromatic N) is 1. The average Bonchev–Trinajstić information content (AvgIpc) is 2.39. The van der Waals surface area contributed by atoms with Gasteiger partial charge >= 0.3 is 12.8 Å². The third-order valence-electron chi connectivity index (χ3n) is 2.45. The molecule has 0 fully saturated rings. The standard InChI is InChI=1S/C12H10BNO5/c15-13(16)9-4-3-5-10(8-9)19-12-7-2-1-6-11(12)14(17)18/h1-8,15-16H. The fraction of sp³-hybridized carbons (Fsp3) is 0. The van der Waals surface area contributed by atoms with Gasteiger partial charge in [-0.3, -0.25) is 10.1 Å². The van der Waals surface area contributed by atoms with Crippen molar-refractivity contribution in [2.45, 2.75) is 0 Å². The van der Waals surface area contributed by atoms with Gasteiger partial charge in [-0.2, -0.15) is 0 Å². The van der Waals surface area contributed by atoms with E-state index in [1.807, 2.05) is 0 Å². The molecule has 0 aliphatic rings. The zero-order valence-electron chi connectivity index (χ0n) is 9.76. The van der Waals surface area contributed by atoms with Gasteiger partial charge in [-0.1, -0.05) is 24.3 Å². The monoisotopic (exact) mass is 259 g/mol. The number of nitro benzene ring substituents is 1. The van der Waals surface area contributed by atoms with E-state index in [4.69, 9.17) is 14.8 Å². The highest BCUT2D eigenvalue weighted by atomic mass is 16.6. The van der Waals surface area contributed by atoms with Crippen LogP contribution in [-0.2, 0) is 0 Å². The van der Waals surface area contributed by atoms with E-state index >= 15 is 0 Å². The Balaban J connectivity index is 2.31. The van der Waals surface area contributed by atoms with Gasteiger partial charge in [0, 0.05) is 6.07 Å². The summed E-state index contributed by atoms with van der Waals surface area (Å²) in [5.41, 5.74) is 0.0912. The van der Waals surface area contributed by atoms with Gasteiger partial charge in [0.15, 0.2) is 0 Å². The molecule has 6 nitrogen and oxygen atoms in total. The first-order valence-electron chi connectivity index (χ1n) is 5.45. The second kappa shape index (κ2) is 5.51. The van der Waals surface area contributed by atoms with Crippen LogP contribution in [0.1, 0.15) is 0 Å². The maximum atomic E-state index is 10.8. The molecule has 0 heterocycles. The number of para-hydroxylation sites is 2. The number of benzene rings is 2. The summed E-state index contributed by atoms with van der Waals surface area (Å²) in [4.78, 5) is 10.3. The van der Waals surface area contributed by atoms with Gasteiger partial charge in [-0.05, 0) is 23.7 Å². The number of hydrogen-bond acceptors (Lipinski definition) is 5. The van der Waals surface area contributed by atoms with Crippen LogP contribution < -0.4 is 10.2 Å². The third-order valence-corrected chi connectivity index (χ3v) is 2.45. The summed E-state index contributed by atoms with van der Waals surface area (Å²) in [5.74, 6) is 0.386. The maximum absolute atomic E-state index is 10.8. The first kappa shape index (κ1) is 13.1. The minimum absolute atomic E-state index is 0.0945. The first-order chi connectivity index (χ1) is 9.08. The molecule has 96 valence electrons. The van der Waals surface area contributed by atoms with Crippen molar-refractivity contribution in [2.75, 3.05) is 0 Å². The van der Waals surface area contributed by atoms with Crippen molar-refractivity contribution in [3.63, 3.8) is 0 Å². The minimum Gasteiger partial charge on any atom is -0.450 e. The van der Waals surface area contributed by atoms with E-state index in [-0.39, 0.29) is 16.9 Å². The molecule has 0 amide bonds. The summed E-state index contributed by atoms with van der Waals surface area (Å²) in [5, 5.41) is 28.9. The summed E-state index contributed by atoms with van der Waals surface area (Å²) in [6, 6.07) is 12.0. The Labute approximate surface area is 109 Å². The Bertz CT molecular complexity index is 602. The highest BCUT2D eigenvalue weighted by Crippen LogP contribution is 2.30. The van der Waals surface area contributed by atoms with Crippen LogP contribution in [0.5, 0.6) is 11.5 Å². The maximum Gasteiger partial charge on any atom is 0.488 e. The van der Waals surface area contributed by atoms with Gasteiger partial charge in [0.1, 0.15) is 5.75 Å². The van der Waals surface area contributed by atoms with E-state index < -0.39 is 12.0 Å². The van der Waals surface area contributed by atoms with Crippen molar-refractivity contribution < 1.29 is 19.7 Å². The molecule has 7 heteroatoms. The second-order valence-corrected chi connectivity index (χ2v) is 3.77. The Hall–Kier alpha value is -2.38. The average molecular weight is 259 g/mol. The Morgan fingerprint density at radius 3 is 2.53 bits per heavy atom. The van der Waals surface area contributed by atoms with Gasteiger partial charge < -0.3 is 14.8 Å².